The summed E-state index contributed by atoms with van der Waals surface area (Å²) >= 11 is 0. The first-order valence-electron chi connectivity index (χ1n) is 7.45. The van der Waals surface area contributed by atoms with Crippen LogP contribution in [0.5, 0.6) is 0 Å². The monoisotopic (exact) mass is 320 g/mol. The van der Waals surface area contributed by atoms with E-state index in [2.05, 4.69) is 0 Å². The summed E-state index contributed by atoms with van der Waals surface area (Å²) in [4.78, 5) is 11.3. The van der Waals surface area contributed by atoms with Gasteiger partial charge in [0.2, 0.25) is 0 Å². The van der Waals surface area contributed by atoms with E-state index in [1.54, 1.807) is 0 Å². The highest BCUT2D eigenvalue weighted by molar-refractivity contribution is 7.86. The van der Waals surface area contributed by atoms with Gasteiger partial charge in [-0.1, -0.05) is 12.8 Å². The highest BCUT2D eigenvalue weighted by Gasteiger charge is 2.42. The largest absolute Gasteiger partial charge is 0.480 e. The van der Waals surface area contributed by atoms with Crippen molar-refractivity contribution in [2.45, 2.75) is 56.6 Å². The van der Waals surface area contributed by atoms with Crippen molar-refractivity contribution in [3.8, 4) is 0 Å². The zero-order chi connectivity index (χ0) is 15.7. The minimum atomic E-state index is -3.86. The maximum Gasteiger partial charge on any atom is 0.322 e. The lowest BCUT2D eigenvalue weighted by molar-refractivity contribution is -0.142. The number of carbonyl (C=O) groups is 1. The van der Waals surface area contributed by atoms with Crippen LogP contribution in [-0.4, -0.2) is 65.0 Å². The molecule has 0 aromatic heterocycles. The van der Waals surface area contributed by atoms with Gasteiger partial charge in [0.25, 0.3) is 10.2 Å². The van der Waals surface area contributed by atoms with Crippen LogP contribution in [0.3, 0.4) is 0 Å². The molecule has 0 aromatic rings. The summed E-state index contributed by atoms with van der Waals surface area (Å²) in [7, 11) is -2.44. The zero-order valence-corrected chi connectivity index (χ0v) is 13.2. The van der Waals surface area contributed by atoms with Crippen molar-refractivity contribution in [3.63, 3.8) is 0 Å². The van der Waals surface area contributed by atoms with Crippen LogP contribution in [-0.2, 0) is 15.0 Å². The summed E-state index contributed by atoms with van der Waals surface area (Å²) < 4.78 is 27.4. The second-order valence-corrected chi connectivity index (χ2v) is 8.14. The molecule has 1 aliphatic heterocycles. The second kappa shape index (κ2) is 6.20. The minimum absolute atomic E-state index is 0.0260. The number of carboxylic acid groups (broad SMARTS) is 1. The molecule has 7 nitrogen and oxygen atoms in total. The highest BCUT2D eigenvalue weighted by Crippen LogP contribution is 2.31. The number of carboxylic acids is 1. The molecule has 1 saturated heterocycles. The number of likely N-dealkylation sites (N-methyl/N-ethyl adjacent to an activating group) is 1. The average Bonchev–Trinajstić information content (AvgIpc) is 2.85. The Hall–Kier alpha value is -0.700. The zero-order valence-electron chi connectivity index (χ0n) is 12.4. The molecule has 1 aliphatic carbocycles. The fourth-order valence-electron chi connectivity index (χ4n) is 3.29. The van der Waals surface area contributed by atoms with Crippen LogP contribution < -0.4 is 0 Å². The molecule has 2 N–H and O–H groups in total. The van der Waals surface area contributed by atoms with Crippen molar-refractivity contribution in [2.24, 2.45) is 0 Å². The van der Waals surface area contributed by atoms with Crippen molar-refractivity contribution >= 4 is 16.2 Å². The van der Waals surface area contributed by atoms with Gasteiger partial charge in [-0.3, -0.25) is 4.79 Å². The Balaban J connectivity index is 2.13. The van der Waals surface area contributed by atoms with E-state index in [4.69, 9.17) is 0 Å². The number of aliphatic carboxylic acids is 1. The SMILES string of the molecule is CN(CC1(O)CCCC1)S(=O)(=O)N1CCCCC1C(=O)O. The fourth-order valence-corrected chi connectivity index (χ4v) is 4.93. The third-order valence-electron chi connectivity index (χ3n) is 4.48. The van der Waals surface area contributed by atoms with Gasteiger partial charge in [0, 0.05) is 20.1 Å². The fraction of sp³-hybridized carbons (Fsp3) is 0.923. The molecule has 0 amide bonds. The molecule has 0 aromatic carbocycles. The smallest absolute Gasteiger partial charge is 0.322 e. The predicted molar refractivity (Wildman–Crippen MR) is 76.9 cm³/mol. The normalized spacial score (nSPS) is 27.1. The van der Waals surface area contributed by atoms with Gasteiger partial charge in [0.15, 0.2) is 0 Å². The molecule has 0 radical (unpaired) electrons. The second-order valence-electron chi connectivity index (χ2n) is 6.16. The molecule has 2 rings (SSSR count). The molecule has 1 unspecified atom stereocenters. The molecule has 1 atom stereocenters. The summed E-state index contributed by atoms with van der Waals surface area (Å²) in [6, 6.07) is -0.996. The summed E-state index contributed by atoms with van der Waals surface area (Å²) in [5, 5.41) is 19.6. The van der Waals surface area contributed by atoms with Crippen molar-refractivity contribution in [3.05, 3.63) is 0 Å². The van der Waals surface area contributed by atoms with Crippen LogP contribution in [0.1, 0.15) is 44.9 Å². The first-order chi connectivity index (χ1) is 9.76. The van der Waals surface area contributed by atoms with E-state index in [-0.39, 0.29) is 13.1 Å². The number of hydrogen-bond donors (Lipinski definition) is 2. The molecule has 122 valence electrons. The van der Waals surface area contributed by atoms with Crippen LogP contribution in [0.25, 0.3) is 0 Å². The van der Waals surface area contributed by atoms with Crippen molar-refractivity contribution in [1.82, 2.24) is 8.61 Å². The standard InChI is InChI=1S/C13H24N2O5S/c1-14(10-13(18)7-3-4-8-13)21(19,20)15-9-5-2-6-11(15)12(16)17/h11,18H,2-10H2,1H3,(H,16,17). The molecular weight excluding hydrogens is 296 g/mol. The van der Waals surface area contributed by atoms with E-state index < -0.39 is 27.8 Å². The Kier molecular flexibility index (Phi) is 4.92. The molecule has 1 saturated carbocycles. The molecule has 21 heavy (non-hydrogen) atoms. The molecule has 1 heterocycles. The van der Waals surface area contributed by atoms with Gasteiger partial charge >= 0.3 is 5.97 Å². The van der Waals surface area contributed by atoms with Crippen LogP contribution in [0.2, 0.25) is 0 Å². The summed E-state index contributed by atoms with van der Waals surface area (Å²) in [6.07, 6.45) is 4.70. The van der Waals surface area contributed by atoms with E-state index >= 15 is 0 Å². The minimum Gasteiger partial charge on any atom is -0.480 e. The van der Waals surface area contributed by atoms with E-state index in [0.29, 0.717) is 25.7 Å². The third kappa shape index (κ3) is 3.56. The van der Waals surface area contributed by atoms with Crippen LogP contribution in [0, 0.1) is 0 Å². The quantitative estimate of drug-likeness (QED) is 0.764. The van der Waals surface area contributed by atoms with Gasteiger partial charge in [-0.05, 0) is 32.1 Å². The molecule has 8 heteroatoms. The average molecular weight is 320 g/mol. The topological polar surface area (TPSA) is 98.2 Å². The molecular formula is C13H24N2O5S. The Bertz CT molecular complexity index is 487. The van der Waals surface area contributed by atoms with Crippen LogP contribution >= 0.6 is 0 Å². The van der Waals surface area contributed by atoms with Crippen molar-refractivity contribution in [1.29, 1.82) is 0 Å². The Labute approximate surface area is 125 Å². The van der Waals surface area contributed by atoms with Crippen molar-refractivity contribution in [2.75, 3.05) is 20.1 Å². The van der Waals surface area contributed by atoms with Gasteiger partial charge in [0.1, 0.15) is 6.04 Å². The summed E-state index contributed by atoms with van der Waals surface area (Å²) in [5.41, 5.74) is -0.976. The lowest BCUT2D eigenvalue weighted by atomic mass is 10.0. The predicted octanol–water partition coefficient (Wildman–Crippen LogP) is 0.407. The van der Waals surface area contributed by atoms with E-state index in [1.165, 1.54) is 7.05 Å². The number of hydrogen-bond acceptors (Lipinski definition) is 4. The van der Waals surface area contributed by atoms with Crippen molar-refractivity contribution < 1.29 is 23.4 Å². The number of piperidine rings is 1. The van der Waals surface area contributed by atoms with Gasteiger partial charge in [0.05, 0.1) is 5.60 Å². The first-order valence-corrected chi connectivity index (χ1v) is 8.84. The number of rotatable bonds is 5. The maximum atomic E-state index is 12.6. The highest BCUT2D eigenvalue weighted by atomic mass is 32.2. The van der Waals surface area contributed by atoms with Gasteiger partial charge < -0.3 is 10.2 Å². The summed E-state index contributed by atoms with van der Waals surface area (Å²) in [6.45, 7) is 0.250. The first kappa shape index (κ1) is 16.7. The van der Waals surface area contributed by atoms with Gasteiger partial charge in [-0.2, -0.15) is 17.0 Å². The van der Waals surface area contributed by atoms with E-state index in [1.807, 2.05) is 0 Å². The molecule has 0 bridgehead atoms. The van der Waals surface area contributed by atoms with Crippen LogP contribution in [0.15, 0.2) is 0 Å². The van der Waals surface area contributed by atoms with Gasteiger partial charge in [-0.15, -0.1) is 0 Å². The summed E-state index contributed by atoms with van der Waals surface area (Å²) in [5.74, 6) is -1.11. The van der Waals surface area contributed by atoms with E-state index in [9.17, 15) is 23.4 Å². The Morgan fingerprint density at radius 1 is 1.29 bits per heavy atom. The lowest BCUT2D eigenvalue weighted by Gasteiger charge is -2.36. The third-order valence-corrected chi connectivity index (χ3v) is 6.43. The van der Waals surface area contributed by atoms with E-state index in [0.717, 1.165) is 27.9 Å². The Morgan fingerprint density at radius 3 is 2.48 bits per heavy atom. The van der Waals surface area contributed by atoms with Crippen LogP contribution in [0.4, 0.5) is 0 Å². The number of aliphatic hydroxyl groups is 1. The van der Waals surface area contributed by atoms with Gasteiger partial charge in [-0.25, -0.2) is 0 Å². The number of nitrogens with zero attached hydrogens (tertiary/aromatic N) is 2. The lowest BCUT2D eigenvalue weighted by Crippen LogP contribution is -2.54. The maximum absolute atomic E-state index is 12.6. The molecule has 0 spiro atoms. The Morgan fingerprint density at radius 2 is 1.90 bits per heavy atom. The molecule has 2 fully saturated rings. The molecule has 2 aliphatic rings.